The summed E-state index contributed by atoms with van der Waals surface area (Å²) in [5.41, 5.74) is 0.747. The molecule has 0 unspecified atom stereocenters. The molecule has 0 aliphatic carbocycles. The normalized spacial score (nSPS) is 20.7. The second-order valence-electron chi connectivity index (χ2n) is 3.43. The van der Waals surface area contributed by atoms with Crippen molar-refractivity contribution >= 4 is 12.4 Å². The summed E-state index contributed by atoms with van der Waals surface area (Å²) in [5.74, 6) is -0.0800. The lowest BCUT2D eigenvalue weighted by molar-refractivity contribution is 0.376. The van der Waals surface area contributed by atoms with Gasteiger partial charge in [-0.15, -0.1) is 12.4 Å². The third-order valence-electron chi connectivity index (χ3n) is 2.46. The largest absolute Gasteiger partial charge is 0.504 e. The molecule has 4 N–H and O–H groups in total. The van der Waals surface area contributed by atoms with Gasteiger partial charge in [-0.3, -0.25) is 0 Å². The number of hydrogen-bond donors (Lipinski definition) is 4. The molecule has 5 heteroatoms. The molecule has 1 atom stereocenters. The van der Waals surface area contributed by atoms with E-state index in [0.717, 1.165) is 25.2 Å². The number of halogens is 1. The van der Waals surface area contributed by atoms with E-state index in [4.69, 9.17) is 0 Å². The minimum absolute atomic E-state index is 0. The molecule has 0 saturated carbocycles. The van der Waals surface area contributed by atoms with Crippen LogP contribution in [0.1, 0.15) is 11.6 Å². The highest BCUT2D eigenvalue weighted by Gasteiger charge is 2.18. The van der Waals surface area contributed by atoms with Crippen LogP contribution >= 0.6 is 12.4 Å². The van der Waals surface area contributed by atoms with Crippen molar-refractivity contribution in [2.75, 3.05) is 19.6 Å². The highest BCUT2D eigenvalue weighted by Crippen LogP contribution is 2.32. The maximum absolute atomic E-state index is 9.63. The van der Waals surface area contributed by atoms with Gasteiger partial charge >= 0.3 is 0 Å². The monoisotopic (exact) mass is 230 g/mol. The van der Waals surface area contributed by atoms with Gasteiger partial charge in [0.1, 0.15) is 0 Å². The number of piperazine rings is 1. The predicted molar refractivity (Wildman–Crippen MR) is 60.6 cm³/mol. The summed E-state index contributed by atoms with van der Waals surface area (Å²) in [6.45, 7) is 2.59. The number of nitrogens with one attached hydrogen (secondary N) is 2. The third-order valence-corrected chi connectivity index (χ3v) is 2.46. The standard InChI is InChI=1S/C10H14N2O2.ClH/c13-9-3-1-2-7(10(9)14)8-6-11-4-5-12-8;/h1-3,8,11-14H,4-6H2;1H/t8-;/m1./s1. The SMILES string of the molecule is Cl.Oc1cccc([C@H]2CNCCN2)c1O. The van der Waals surface area contributed by atoms with E-state index in [1.165, 1.54) is 6.07 Å². The highest BCUT2D eigenvalue weighted by atomic mass is 35.5. The zero-order valence-corrected chi connectivity index (χ0v) is 9.05. The van der Waals surface area contributed by atoms with Crippen molar-refractivity contribution in [3.63, 3.8) is 0 Å². The van der Waals surface area contributed by atoms with E-state index in [2.05, 4.69) is 10.6 Å². The summed E-state index contributed by atoms with van der Waals surface area (Å²) in [7, 11) is 0. The molecule has 1 heterocycles. The van der Waals surface area contributed by atoms with Crippen molar-refractivity contribution in [2.45, 2.75) is 6.04 Å². The number of para-hydroxylation sites is 1. The molecule has 0 aromatic heterocycles. The zero-order chi connectivity index (χ0) is 9.97. The topological polar surface area (TPSA) is 64.5 Å². The third kappa shape index (κ3) is 2.53. The average molecular weight is 231 g/mol. The number of hydrogen-bond acceptors (Lipinski definition) is 4. The Morgan fingerprint density at radius 1 is 1.20 bits per heavy atom. The van der Waals surface area contributed by atoms with E-state index in [-0.39, 0.29) is 29.9 Å². The molecular formula is C10H15ClN2O2. The lowest BCUT2D eigenvalue weighted by Crippen LogP contribution is -2.42. The van der Waals surface area contributed by atoms with Crippen LogP contribution in [0.15, 0.2) is 18.2 Å². The maximum Gasteiger partial charge on any atom is 0.162 e. The van der Waals surface area contributed by atoms with Crippen LogP contribution in [0.25, 0.3) is 0 Å². The van der Waals surface area contributed by atoms with Crippen molar-refractivity contribution in [3.8, 4) is 11.5 Å². The Balaban J connectivity index is 0.00000112. The van der Waals surface area contributed by atoms with Crippen LogP contribution in [0.2, 0.25) is 0 Å². The van der Waals surface area contributed by atoms with E-state index >= 15 is 0 Å². The van der Waals surface area contributed by atoms with Crippen molar-refractivity contribution in [3.05, 3.63) is 23.8 Å². The fraction of sp³-hybridized carbons (Fsp3) is 0.400. The summed E-state index contributed by atoms with van der Waals surface area (Å²) in [6, 6.07) is 5.12. The minimum atomic E-state index is -0.0603. The first-order valence-corrected chi connectivity index (χ1v) is 4.74. The van der Waals surface area contributed by atoms with Gasteiger partial charge < -0.3 is 20.8 Å². The van der Waals surface area contributed by atoms with Gasteiger partial charge in [-0.1, -0.05) is 12.1 Å². The van der Waals surface area contributed by atoms with Gasteiger partial charge in [-0.05, 0) is 6.07 Å². The molecular weight excluding hydrogens is 216 g/mol. The average Bonchev–Trinajstić information content (AvgIpc) is 2.23. The molecule has 84 valence electrons. The first-order valence-electron chi connectivity index (χ1n) is 4.74. The Bertz CT molecular complexity index is 327. The van der Waals surface area contributed by atoms with Crippen molar-refractivity contribution < 1.29 is 10.2 Å². The van der Waals surface area contributed by atoms with Crippen LogP contribution in [-0.4, -0.2) is 29.8 Å². The molecule has 1 aliphatic rings. The molecule has 15 heavy (non-hydrogen) atoms. The molecule has 0 spiro atoms. The van der Waals surface area contributed by atoms with Gasteiger partial charge in [0.15, 0.2) is 11.5 Å². The molecule has 0 radical (unpaired) electrons. The Morgan fingerprint density at radius 2 is 2.00 bits per heavy atom. The Kier molecular flexibility index (Phi) is 4.20. The van der Waals surface area contributed by atoms with Crippen molar-refractivity contribution in [2.24, 2.45) is 0 Å². The van der Waals surface area contributed by atoms with Crippen LogP contribution in [-0.2, 0) is 0 Å². The molecule has 1 saturated heterocycles. The summed E-state index contributed by atoms with van der Waals surface area (Å²) in [5, 5.41) is 25.5. The van der Waals surface area contributed by atoms with Gasteiger partial charge in [0.05, 0.1) is 0 Å². The number of benzene rings is 1. The van der Waals surface area contributed by atoms with E-state index in [0.29, 0.717) is 0 Å². The first kappa shape index (κ1) is 12.1. The fourth-order valence-corrected chi connectivity index (χ4v) is 1.70. The minimum Gasteiger partial charge on any atom is -0.504 e. The Labute approximate surface area is 94.7 Å². The Hall–Kier alpha value is -0.970. The lowest BCUT2D eigenvalue weighted by Gasteiger charge is -2.25. The van der Waals surface area contributed by atoms with E-state index in [9.17, 15) is 10.2 Å². The molecule has 4 nitrogen and oxygen atoms in total. The second-order valence-corrected chi connectivity index (χ2v) is 3.43. The van der Waals surface area contributed by atoms with Gasteiger partial charge in [-0.2, -0.15) is 0 Å². The summed E-state index contributed by atoms with van der Waals surface area (Å²) in [6.07, 6.45) is 0. The van der Waals surface area contributed by atoms with Crippen molar-refractivity contribution in [1.82, 2.24) is 10.6 Å². The Morgan fingerprint density at radius 3 is 2.67 bits per heavy atom. The summed E-state index contributed by atoms with van der Waals surface area (Å²) in [4.78, 5) is 0. The van der Waals surface area contributed by atoms with Gasteiger partial charge in [-0.25, -0.2) is 0 Å². The maximum atomic E-state index is 9.63. The highest BCUT2D eigenvalue weighted by molar-refractivity contribution is 5.85. The number of phenols is 2. The molecule has 0 bridgehead atoms. The lowest BCUT2D eigenvalue weighted by atomic mass is 10.0. The molecule has 0 amide bonds. The molecule has 1 aliphatic heterocycles. The van der Waals surface area contributed by atoms with E-state index in [1.54, 1.807) is 6.07 Å². The molecule has 2 rings (SSSR count). The summed E-state index contributed by atoms with van der Waals surface area (Å²) >= 11 is 0. The molecule has 1 fully saturated rings. The summed E-state index contributed by atoms with van der Waals surface area (Å²) < 4.78 is 0. The quantitative estimate of drug-likeness (QED) is 0.538. The first-order chi connectivity index (χ1) is 6.79. The van der Waals surface area contributed by atoms with E-state index < -0.39 is 0 Å². The van der Waals surface area contributed by atoms with Crippen LogP contribution < -0.4 is 10.6 Å². The zero-order valence-electron chi connectivity index (χ0n) is 8.23. The second kappa shape index (κ2) is 5.21. The van der Waals surface area contributed by atoms with Crippen molar-refractivity contribution in [1.29, 1.82) is 0 Å². The van der Waals surface area contributed by atoms with Gasteiger partial charge in [0.25, 0.3) is 0 Å². The number of aromatic hydroxyl groups is 2. The smallest absolute Gasteiger partial charge is 0.162 e. The predicted octanol–water partition coefficient (Wildman–Crippen LogP) is 0.753. The van der Waals surface area contributed by atoms with Crippen LogP contribution in [0.3, 0.4) is 0 Å². The van der Waals surface area contributed by atoms with E-state index in [1.807, 2.05) is 6.07 Å². The number of phenolic OH excluding ortho intramolecular Hbond substituents is 2. The molecule has 1 aromatic rings. The van der Waals surface area contributed by atoms with Crippen LogP contribution in [0, 0.1) is 0 Å². The van der Waals surface area contributed by atoms with Gasteiger partial charge in [0.2, 0.25) is 0 Å². The number of rotatable bonds is 1. The van der Waals surface area contributed by atoms with Gasteiger partial charge in [0, 0.05) is 31.2 Å². The fourth-order valence-electron chi connectivity index (χ4n) is 1.70. The van der Waals surface area contributed by atoms with Crippen LogP contribution in [0.5, 0.6) is 11.5 Å². The molecule has 1 aromatic carbocycles. The van der Waals surface area contributed by atoms with Crippen LogP contribution in [0.4, 0.5) is 0 Å².